The van der Waals surface area contributed by atoms with E-state index >= 15 is 0 Å². The molecule has 2 heterocycles. The molecule has 1 aromatic carbocycles. The average molecular weight is 345 g/mol. The molecule has 1 saturated heterocycles. The molecule has 0 bridgehead atoms. The first-order chi connectivity index (χ1) is 11.0. The van der Waals surface area contributed by atoms with Gasteiger partial charge in [-0.2, -0.15) is 0 Å². The van der Waals surface area contributed by atoms with Crippen LogP contribution in [-0.2, 0) is 4.79 Å². The standard InChI is InChI=1S/C16H11NO4S2/c1-9-2-7-12(21-9)8-13-14(18)17(16(22)23-13)11-5-3-10(4-6-11)15(19)20/h2-8H,1H3,(H,19,20). The van der Waals surface area contributed by atoms with Crippen molar-refractivity contribution >= 4 is 51.9 Å². The molecule has 2 aromatic rings. The lowest BCUT2D eigenvalue weighted by Gasteiger charge is -2.14. The summed E-state index contributed by atoms with van der Waals surface area (Å²) >= 11 is 6.45. The van der Waals surface area contributed by atoms with Gasteiger partial charge in [0.2, 0.25) is 0 Å². The monoisotopic (exact) mass is 345 g/mol. The molecule has 23 heavy (non-hydrogen) atoms. The molecular formula is C16H11NO4S2. The molecule has 0 aliphatic carbocycles. The van der Waals surface area contributed by atoms with E-state index in [1.807, 2.05) is 13.0 Å². The van der Waals surface area contributed by atoms with Gasteiger partial charge in [0.05, 0.1) is 16.2 Å². The first-order valence-electron chi connectivity index (χ1n) is 6.63. The van der Waals surface area contributed by atoms with E-state index in [1.54, 1.807) is 24.3 Å². The van der Waals surface area contributed by atoms with E-state index in [9.17, 15) is 9.59 Å². The summed E-state index contributed by atoms with van der Waals surface area (Å²) in [6.45, 7) is 1.83. The van der Waals surface area contributed by atoms with Crippen LogP contribution in [0.3, 0.4) is 0 Å². The van der Waals surface area contributed by atoms with Gasteiger partial charge in [-0.3, -0.25) is 9.69 Å². The molecule has 1 fully saturated rings. The second-order valence-electron chi connectivity index (χ2n) is 4.82. The van der Waals surface area contributed by atoms with Gasteiger partial charge in [0, 0.05) is 6.08 Å². The van der Waals surface area contributed by atoms with E-state index in [2.05, 4.69) is 0 Å². The molecule has 1 N–H and O–H groups in total. The number of carbonyl (C=O) groups is 2. The minimum Gasteiger partial charge on any atom is -0.478 e. The highest BCUT2D eigenvalue weighted by Crippen LogP contribution is 2.36. The lowest BCUT2D eigenvalue weighted by Crippen LogP contribution is -2.27. The molecular weight excluding hydrogens is 334 g/mol. The maximum absolute atomic E-state index is 12.5. The van der Waals surface area contributed by atoms with Crippen LogP contribution in [0.15, 0.2) is 45.7 Å². The van der Waals surface area contributed by atoms with Crippen LogP contribution in [0.5, 0.6) is 0 Å². The highest BCUT2D eigenvalue weighted by atomic mass is 32.2. The van der Waals surface area contributed by atoms with Gasteiger partial charge in [-0.25, -0.2) is 4.79 Å². The van der Waals surface area contributed by atoms with Gasteiger partial charge >= 0.3 is 5.97 Å². The quantitative estimate of drug-likeness (QED) is 0.676. The van der Waals surface area contributed by atoms with Crippen molar-refractivity contribution in [3.8, 4) is 0 Å². The highest BCUT2D eigenvalue weighted by molar-refractivity contribution is 8.27. The van der Waals surface area contributed by atoms with E-state index in [1.165, 1.54) is 28.8 Å². The number of aryl methyl sites for hydroxylation is 1. The molecule has 0 saturated carbocycles. The van der Waals surface area contributed by atoms with E-state index in [0.29, 0.717) is 20.7 Å². The third-order valence-electron chi connectivity index (χ3n) is 3.20. The number of benzene rings is 1. The molecule has 116 valence electrons. The second kappa shape index (κ2) is 6.02. The lowest BCUT2D eigenvalue weighted by molar-refractivity contribution is -0.113. The van der Waals surface area contributed by atoms with Crippen molar-refractivity contribution < 1.29 is 19.1 Å². The third-order valence-corrected chi connectivity index (χ3v) is 4.50. The smallest absolute Gasteiger partial charge is 0.335 e. The lowest BCUT2D eigenvalue weighted by atomic mass is 10.2. The number of carbonyl (C=O) groups excluding carboxylic acids is 1. The molecule has 0 unspecified atom stereocenters. The summed E-state index contributed by atoms with van der Waals surface area (Å²) in [5, 5.41) is 8.92. The van der Waals surface area contributed by atoms with Gasteiger partial charge in [0.15, 0.2) is 4.32 Å². The number of furan rings is 1. The number of thiocarbonyl (C=S) groups is 1. The Bertz CT molecular complexity index is 836. The zero-order valence-electron chi connectivity index (χ0n) is 12.0. The van der Waals surface area contributed by atoms with E-state index in [-0.39, 0.29) is 11.5 Å². The molecule has 0 radical (unpaired) electrons. The van der Waals surface area contributed by atoms with E-state index in [0.717, 1.165) is 5.76 Å². The van der Waals surface area contributed by atoms with Crippen molar-refractivity contribution in [2.24, 2.45) is 0 Å². The highest BCUT2D eigenvalue weighted by Gasteiger charge is 2.33. The Hall–Kier alpha value is -2.38. The number of hydrogen-bond acceptors (Lipinski definition) is 5. The van der Waals surface area contributed by atoms with E-state index in [4.69, 9.17) is 21.7 Å². The summed E-state index contributed by atoms with van der Waals surface area (Å²) in [6.07, 6.45) is 1.65. The largest absolute Gasteiger partial charge is 0.478 e. The number of rotatable bonds is 3. The van der Waals surface area contributed by atoms with Crippen LogP contribution in [0.4, 0.5) is 5.69 Å². The molecule has 0 spiro atoms. The molecule has 5 nitrogen and oxygen atoms in total. The van der Waals surface area contributed by atoms with Crippen LogP contribution >= 0.6 is 24.0 Å². The van der Waals surface area contributed by atoms with Gasteiger partial charge in [-0.1, -0.05) is 24.0 Å². The van der Waals surface area contributed by atoms with Crippen LogP contribution in [0.1, 0.15) is 21.9 Å². The fourth-order valence-electron chi connectivity index (χ4n) is 2.10. The predicted octanol–water partition coefficient (Wildman–Crippen LogP) is 3.69. The van der Waals surface area contributed by atoms with Crippen molar-refractivity contribution in [3.63, 3.8) is 0 Å². The Morgan fingerprint density at radius 2 is 1.96 bits per heavy atom. The fraction of sp³-hybridized carbons (Fsp3) is 0.0625. The number of hydrogen-bond donors (Lipinski definition) is 1. The Labute approximate surface area is 141 Å². The van der Waals surface area contributed by atoms with Crippen molar-refractivity contribution in [2.45, 2.75) is 6.92 Å². The Kier molecular flexibility index (Phi) is 4.06. The Balaban J connectivity index is 1.89. The number of thioether (sulfide) groups is 1. The maximum atomic E-state index is 12.5. The number of carboxylic acids is 1. The minimum atomic E-state index is -1.02. The van der Waals surface area contributed by atoms with Gasteiger partial charge in [0.1, 0.15) is 11.5 Å². The number of carboxylic acid groups (broad SMARTS) is 1. The van der Waals surface area contributed by atoms with Gasteiger partial charge < -0.3 is 9.52 Å². The van der Waals surface area contributed by atoms with Crippen molar-refractivity contribution in [1.29, 1.82) is 0 Å². The zero-order valence-corrected chi connectivity index (χ0v) is 13.6. The number of nitrogens with zero attached hydrogens (tertiary/aromatic N) is 1. The zero-order chi connectivity index (χ0) is 16.6. The Morgan fingerprint density at radius 3 is 2.52 bits per heavy atom. The summed E-state index contributed by atoms with van der Waals surface area (Å²) in [5.74, 6) is 0.0763. The third kappa shape index (κ3) is 3.06. The van der Waals surface area contributed by atoms with Crippen molar-refractivity contribution in [2.75, 3.05) is 4.90 Å². The summed E-state index contributed by atoms with van der Waals surface area (Å²) < 4.78 is 5.84. The topological polar surface area (TPSA) is 70.8 Å². The minimum absolute atomic E-state index is 0.154. The molecule has 7 heteroatoms. The molecule has 1 aliphatic heterocycles. The maximum Gasteiger partial charge on any atom is 0.335 e. The normalized spacial score (nSPS) is 16.4. The van der Waals surface area contributed by atoms with Crippen molar-refractivity contribution in [3.05, 3.63) is 58.4 Å². The number of amides is 1. The summed E-state index contributed by atoms with van der Waals surface area (Å²) in [6, 6.07) is 9.61. The molecule has 1 aromatic heterocycles. The van der Waals surface area contributed by atoms with Crippen LogP contribution in [-0.4, -0.2) is 21.3 Å². The van der Waals surface area contributed by atoms with Gasteiger partial charge in [-0.15, -0.1) is 0 Å². The van der Waals surface area contributed by atoms with Gasteiger partial charge in [0.25, 0.3) is 5.91 Å². The number of aromatic carboxylic acids is 1. The summed E-state index contributed by atoms with van der Waals surface area (Å²) in [5.41, 5.74) is 0.692. The summed E-state index contributed by atoms with van der Waals surface area (Å²) in [4.78, 5) is 25.3. The van der Waals surface area contributed by atoms with Crippen LogP contribution in [0.25, 0.3) is 6.08 Å². The fourth-order valence-corrected chi connectivity index (χ4v) is 3.38. The molecule has 1 amide bonds. The van der Waals surface area contributed by atoms with Crippen LogP contribution in [0.2, 0.25) is 0 Å². The van der Waals surface area contributed by atoms with Gasteiger partial charge in [-0.05, 0) is 43.3 Å². The first kappa shape index (κ1) is 15.5. The average Bonchev–Trinajstić information content (AvgIpc) is 3.03. The molecule has 1 aliphatic rings. The van der Waals surface area contributed by atoms with Crippen molar-refractivity contribution in [1.82, 2.24) is 0 Å². The first-order valence-corrected chi connectivity index (χ1v) is 7.86. The predicted molar refractivity (Wildman–Crippen MR) is 92.5 cm³/mol. The molecule has 0 atom stereocenters. The second-order valence-corrected chi connectivity index (χ2v) is 6.49. The SMILES string of the molecule is Cc1ccc(C=C2SC(=S)N(c3ccc(C(=O)O)cc3)C2=O)o1. The van der Waals surface area contributed by atoms with E-state index < -0.39 is 5.97 Å². The molecule has 3 rings (SSSR count). The number of anilines is 1. The van der Waals surface area contributed by atoms with Crippen LogP contribution < -0.4 is 4.90 Å². The summed E-state index contributed by atoms with van der Waals surface area (Å²) in [7, 11) is 0. The van der Waals surface area contributed by atoms with Crippen LogP contribution in [0, 0.1) is 6.92 Å². The Morgan fingerprint density at radius 1 is 1.26 bits per heavy atom.